The van der Waals surface area contributed by atoms with Gasteiger partial charge in [-0.25, -0.2) is 4.98 Å². The summed E-state index contributed by atoms with van der Waals surface area (Å²) in [6.07, 6.45) is 7.01. The number of nitrogens with zero attached hydrogens (tertiary/aromatic N) is 2. The van der Waals surface area contributed by atoms with Crippen LogP contribution < -0.4 is 10.6 Å². The number of thiazole rings is 1. The Kier molecular flexibility index (Phi) is 7.86. The van der Waals surface area contributed by atoms with E-state index < -0.39 is 0 Å². The highest BCUT2D eigenvalue weighted by molar-refractivity contribution is 7.09. The van der Waals surface area contributed by atoms with Crippen molar-refractivity contribution in [3.63, 3.8) is 0 Å². The fourth-order valence-electron chi connectivity index (χ4n) is 3.62. The van der Waals surface area contributed by atoms with Gasteiger partial charge in [0.15, 0.2) is 5.96 Å². The minimum Gasteiger partial charge on any atom is -0.385 e. The van der Waals surface area contributed by atoms with Crippen LogP contribution in [0.3, 0.4) is 0 Å². The van der Waals surface area contributed by atoms with E-state index in [1.165, 1.54) is 29.8 Å². The van der Waals surface area contributed by atoms with Gasteiger partial charge in [-0.05, 0) is 36.7 Å². The molecule has 0 saturated heterocycles. The zero-order chi connectivity index (χ0) is 19.7. The average Bonchev–Trinajstić information content (AvgIpc) is 3.16. The third kappa shape index (κ3) is 6.04. The van der Waals surface area contributed by atoms with Gasteiger partial charge in [-0.3, -0.25) is 4.99 Å². The molecule has 1 aromatic carbocycles. The van der Waals surface area contributed by atoms with Crippen molar-refractivity contribution in [2.24, 2.45) is 10.4 Å². The van der Waals surface area contributed by atoms with Crippen molar-refractivity contribution < 1.29 is 4.74 Å². The number of nitrogens with one attached hydrogen (secondary N) is 2. The van der Waals surface area contributed by atoms with Crippen molar-refractivity contribution in [3.05, 3.63) is 52.0 Å². The first-order chi connectivity index (χ1) is 13.7. The molecule has 0 bridgehead atoms. The highest BCUT2D eigenvalue weighted by Gasteiger charge is 2.36. The van der Waals surface area contributed by atoms with E-state index in [9.17, 15) is 0 Å². The van der Waals surface area contributed by atoms with E-state index in [-0.39, 0.29) is 0 Å². The minimum absolute atomic E-state index is 0.374. The van der Waals surface area contributed by atoms with Crippen LogP contribution in [0.4, 0.5) is 0 Å². The van der Waals surface area contributed by atoms with Crippen molar-refractivity contribution in [1.82, 2.24) is 15.6 Å². The first kappa shape index (κ1) is 20.8. The molecular formula is C22H32N4OS. The van der Waals surface area contributed by atoms with Gasteiger partial charge < -0.3 is 15.4 Å². The van der Waals surface area contributed by atoms with Crippen molar-refractivity contribution in [3.8, 4) is 0 Å². The molecule has 0 unspecified atom stereocenters. The molecule has 28 heavy (non-hydrogen) atoms. The summed E-state index contributed by atoms with van der Waals surface area (Å²) >= 11 is 1.74. The monoisotopic (exact) mass is 400 g/mol. The van der Waals surface area contributed by atoms with Crippen LogP contribution in [0.5, 0.6) is 0 Å². The van der Waals surface area contributed by atoms with Gasteiger partial charge in [0.1, 0.15) is 0 Å². The van der Waals surface area contributed by atoms with E-state index in [1.54, 1.807) is 18.4 Å². The molecule has 1 fully saturated rings. The SMILES string of the molecule is CN=C(NCc1csc(CCc2ccccc2)n1)NCC1(CCOC)CCC1. The number of methoxy groups -OCH3 is 1. The molecule has 1 aromatic heterocycles. The van der Waals surface area contributed by atoms with Gasteiger partial charge in [0.05, 0.1) is 17.2 Å². The van der Waals surface area contributed by atoms with Gasteiger partial charge in [-0.15, -0.1) is 11.3 Å². The Bertz CT molecular complexity index is 740. The standard InChI is InChI=1S/C22H32N4OS/c1-23-21(25-17-22(11-6-12-22)13-14-27-2)24-15-19-16-28-20(26-19)10-9-18-7-4-3-5-8-18/h3-5,7-8,16H,6,9-15,17H2,1-2H3,(H2,23,24,25). The van der Waals surface area contributed by atoms with Crippen molar-refractivity contribution >= 4 is 17.3 Å². The topological polar surface area (TPSA) is 58.5 Å². The number of aromatic nitrogens is 1. The van der Waals surface area contributed by atoms with Crippen LogP contribution in [-0.2, 0) is 24.1 Å². The Balaban J connectivity index is 1.42. The van der Waals surface area contributed by atoms with Crippen LogP contribution in [0.15, 0.2) is 40.7 Å². The number of guanidine groups is 1. The van der Waals surface area contributed by atoms with Gasteiger partial charge in [-0.1, -0.05) is 36.8 Å². The fraction of sp³-hybridized carbons (Fsp3) is 0.545. The van der Waals surface area contributed by atoms with E-state index in [0.29, 0.717) is 12.0 Å². The molecule has 1 saturated carbocycles. The molecule has 1 aliphatic rings. The van der Waals surface area contributed by atoms with E-state index in [2.05, 4.69) is 51.3 Å². The highest BCUT2D eigenvalue weighted by Crippen LogP contribution is 2.43. The lowest BCUT2D eigenvalue weighted by Crippen LogP contribution is -2.46. The first-order valence-electron chi connectivity index (χ1n) is 10.1. The molecule has 3 rings (SSSR count). The smallest absolute Gasteiger partial charge is 0.191 e. The fourth-order valence-corrected chi connectivity index (χ4v) is 4.42. The van der Waals surface area contributed by atoms with Gasteiger partial charge in [0.25, 0.3) is 0 Å². The molecule has 5 nitrogen and oxygen atoms in total. The summed E-state index contributed by atoms with van der Waals surface area (Å²) in [7, 11) is 3.60. The van der Waals surface area contributed by atoms with Crippen LogP contribution in [0.25, 0.3) is 0 Å². The molecular weight excluding hydrogens is 368 g/mol. The Morgan fingerprint density at radius 2 is 2.04 bits per heavy atom. The van der Waals surface area contributed by atoms with Gasteiger partial charge in [0, 0.05) is 39.1 Å². The van der Waals surface area contributed by atoms with E-state index in [1.807, 2.05) is 7.05 Å². The molecule has 0 amide bonds. The molecule has 0 aliphatic heterocycles. The summed E-state index contributed by atoms with van der Waals surface area (Å²) < 4.78 is 5.28. The number of aryl methyl sites for hydroxylation is 2. The first-order valence-corrected chi connectivity index (χ1v) is 11.0. The van der Waals surface area contributed by atoms with Crippen molar-refractivity contribution in [2.75, 3.05) is 27.3 Å². The zero-order valence-electron chi connectivity index (χ0n) is 17.0. The average molecular weight is 401 g/mol. The van der Waals surface area contributed by atoms with E-state index in [4.69, 9.17) is 9.72 Å². The maximum atomic E-state index is 5.28. The number of benzene rings is 1. The molecule has 2 aromatic rings. The van der Waals surface area contributed by atoms with Crippen molar-refractivity contribution in [1.29, 1.82) is 0 Å². The predicted octanol–water partition coefficient (Wildman–Crippen LogP) is 3.80. The maximum Gasteiger partial charge on any atom is 0.191 e. The summed E-state index contributed by atoms with van der Waals surface area (Å²) in [6.45, 7) is 2.49. The summed E-state index contributed by atoms with van der Waals surface area (Å²) in [6, 6.07) is 10.6. The largest absolute Gasteiger partial charge is 0.385 e. The predicted molar refractivity (Wildman–Crippen MR) is 117 cm³/mol. The number of rotatable bonds is 10. The second-order valence-corrected chi connectivity index (χ2v) is 8.54. The lowest BCUT2D eigenvalue weighted by molar-refractivity contribution is 0.0732. The number of hydrogen-bond acceptors (Lipinski definition) is 4. The zero-order valence-corrected chi connectivity index (χ0v) is 17.9. The molecule has 0 radical (unpaired) electrons. The Hall–Kier alpha value is -1.92. The van der Waals surface area contributed by atoms with Crippen molar-refractivity contribution in [2.45, 2.75) is 45.1 Å². The molecule has 1 aliphatic carbocycles. The maximum absolute atomic E-state index is 5.28. The second-order valence-electron chi connectivity index (χ2n) is 7.59. The third-order valence-corrected chi connectivity index (χ3v) is 6.57. The minimum atomic E-state index is 0.374. The Morgan fingerprint density at radius 1 is 1.21 bits per heavy atom. The molecule has 6 heteroatoms. The highest BCUT2D eigenvalue weighted by atomic mass is 32.1. The summed E-state index contributed by atoms with van der Waals surface area (Å²) in [4.78, 5) is 9.13. The van der Waals surface area contributed by atoms with Gasteiger partial charge in [0.2, 0.25) is 0 Å². The molecule has 152 valence electrons. The molecule has 0 spiro atoms. The quantitative estimate of drug-likeness (QED) is 0.470. The summed E-state index contributed by atoms with van der Waals surface area (Å²) in [5.41, 5.74) is 2.81. The van der Waals surface area contributed by atoms with Gasteiger partial charge >= 0.3 is 0 Å². The number of aliphatic imine (C=N–C) groups is 1. The second kappa shape index (κ2) is 10.6. The van der Waals surface area contributed by atoms with Crippen LogP contribution in [0.1, 0.15) is 41.9 Å². The van der Waals surface area contributed by atoms with Crippen LogP contribution >= 0.6 is 11.3 Å². The van der Waals surface area contributed by atoms with E-state index >= 15 is 0 Å². The Labute approximate surface area is 172 Å². The summed E-state index contributed by atoms with van der Waals surface area (Å²) in [5.74, 6) is 0.850. The van der Waals surface area contributed by atoms with Crippen LogP contribution in [-0.4, -0.2) is 38.3 Å². The Morgan fingerprint density at radius 3 is 2.71 bits per heavy atom. The normalized spacial score (nSPS) is 15.9. The summed E-state index contributed by atoms with van der Waals surface area (Å²) in [5, 5.41) is 10.2. The lowest BCUT2D eigenvalue weighted by Gasteiger charge is -2.42. The number of hydrogen-bond donors (Lipinski definition) is 2. The lowest BCUT2D eigenvalue weighted by atomic mass is 9.67. The van der Waals surface area contributed by atoms with Crippen LogP contribution in [0, 0.1) is 5.41 Å². The molecule has 2 N–H and O–H groups in total. The molecule has 0 atom stereocenters. The van der Waals surface area contributed by atoms with Gasteiger partial charge in [-0.2, -0.15) is 0 Å². The van der Waals surface area contributed by atoms with Crippen LogP contribution in [0.2, 0.25) is 0 Å². The third-order valence-electron chi connectivity index (χ3n) is 5.61. The van der Waals surface area contributed by atoms with E-state index in [0.717, 1.165) is 44.1 Å². The number of ether oxygens (including phenoxy) is 1. The molecule has 1 heterocycles.